The molecule has 0 aromatic heterocycles. The molecule has 0 unspecified atom stereocenters. The predicted molar refractivity (Wildman–Crippen MR) is 72.4 cm³/mol. The van der Waals surface area contributed by atoms with Crippen LogP contribution in [0.15, 0.2) is 48.1 Å². The third-order valence-electron chi connectivity index (χ3n) is 4.55. The highest BCUT2D eigenvalue weighted by atomic mass is 14.4. The van der Waals surface area contributed by atoms with E-state index < -0.39 is 0 Å². The monoisotopic (exact) mass is 220 g/mol. The molecule has 0 N–H and O–H groups in total. The maximum absolute atomic E-state index is 2.45. The van der Waals surface area contributed by atoms with E-state index in [2.05, 4.69) is 48.6 Å². The molecule has 1 saturated carbocycles. The second-order valence-corrected chi connectivity index (χ2v) is 5.45. The van der Waals surface area contributed by atoms with E-state index in [1.165, 1.54) is 42.4 Å². The largest absolute Gasteiger partial charge is 0.0739 e. The highest BCUT2D eigenvalue weighted by Gasteiger charge is 2.40. The van der Waals surface area contributed by atoms with E-state index in [4.69, 9.17) is 0 Å². The van der Waals surface area contributed by atoms with E-state index in [9.17, 15) is 0 Å². The van der Waals surface area contributed by atoms with Gasteiger partial charge in [-0.15, -0.1) is 0 Å². The molecule has 3 aliphatic carbocycles. The van der Waals surface area contributed by atoms with Crippen LogP contribution < -0.4 is 0 Å². The van der Waals surface area contributed by atoms with Crippen LogP contribution in [0, 0.1) is 5.41 Å². The molecule has 17 heavy (non-hydrogen) atoms. The number of benzene rings is 1. The number of rotatable bonds is 0. The summed E-state index contributed by atoms with van der Waals surface area (Å²) in [5.41, 5.74) is 6.26. The third-order valence-corrected chi connectivity index (χ3v) is 4.55. The molecule has 3 aliphatic rings. The smallest absolute Gasteiger partial charge is 0.0141 e. The van der Waals surface area contributed by atoms with Crippen molar-refractivity contribution in [2.24, 2.45) is 5.41 Å². The highest BCUT2D eigenvalue weighted by molar-refractivity contribution is 5.97. The Morgan fingerprint density at radius 1 is 1.00 bits per heavy atom. The number of allylic oxidation sites excluding steroid dienone is 5. The van der Waals surface area contributed by atoms with Crippen LogP contribution in [0.1, 0.15) is 36.8 Å². The minimum absolute atomic E-state index is 0.364. The summed E-state index contributed by atoms with van der Waals surface area (Å²) in [4.78, 5) is 0. The lowest BCUT2D eigenvalue weighted by Gasteiger charge is -2.30. The maximum Gasteiger partial charge on any atom is 0.0141 e. The topological polar surface area (TPSA) is 0 Å². The second-order valence-electron chi connectivity index (χ2n) is 5.45. The molecule has 1 aromatic rings. The van der Waals surface area contributed by atoms with Crippen molar-refractivity contribution < 1.29 is 0 Å². The zero-order valence-corrected chi connectivity index (χ0v) is 9.95. The van der Waals surface area contributed by atoms with Crippen LogP contribution in [0.5, 0.6) is 0 Å². The molecule has 0 bridgehead atoms. The van der Waals surface area contributed by atoms with Crippen molar-refractivity contribution in [2.75, 3.05) is 0 Å². The molecule has 0 aliphatic heterocycles. The van der Waals surface area contributed by atoms with Gasteiger partial charge in [-0.1, -0.05) is 55.3 Å². The summed E-state index contributed by atoms with van der Waals surface area (Å²) in [5, 5.41) is 0. The highest BCUT2D eigenvalue weighted by Crippen LogP contribution is 2.55. The lowest BCUT2D eigenvalue weighted by Crippen LogP contribution is -2.17. The first-order chi connectivity index (χ1) is 8.39. The van der Waals surface area contributed by atoms with Gasteiger partial charge in [0.05, 0.1) is 0 Å². The summed E-state index contributed by atoms with van der Waals surface area (Å²) < 4.78 is 0. The Balaban J connectivity index is 1.92. The summed E-state index contributed by atoms with van der Waals surface area (Å²) in [6, 6.07) is 8.79. The van der Waals surface area contributed by atoms with Gasteiger partial charge in [-0.05, 0) is 41.2 Å². The van der Waals surface area contributed by atoms with E-state index in [1.807, 2.05) is 0 Å². The van der Waals surface area contributed by atoms with Crippen LogP contribution in [0.25, 0.3) is 11.6 Å². The first kappa shape index (κ1) is 9.47. The van der Waals surface area contributed by atoms with Gasteiger partial charge in [0.2, 0.25) is 0 Å². The fourth-order valence-electron chi connectivity index (χ4n) is 3.70. The van der Waals surface area contributed by atoms with Gasteiger partial charge >= 0.3 is 0 Å². The molecule has 0 radical (unpaired) electrons. The van der Waals surface area contributed by atoms with Gasteiger partial charge < -0.3 is 0 Å². The van der Waals surface area contributed by atoms with E-state index >= 15 is 0 Å². The molecule has 0 heterocycles. The lowest BCUT2D eigenvalue weighted by atomic mass is 9.73. The molecular weight excluding hydrogens is 204 g/mol. The third kappa shape index (κ3) is 1.18. The molecule has 1 aromatic carbocycles. The van der Waals surface area contributed by atoms with Crippen LogP contribution in [0.3, 0.4) is 0 Å². The second kappa shape index (κ2) is 3.22. The Morgan fingerprint density at radius 3 is 2.71 bits per heavy atom. The van der Waals surface area contributed by atoms with Crippen LogP contribution >= 0.6 is 0 Å². The molecular formula is C17H16. The zero-order chi connectivity index (χ0) is 11.3. The molecule has 1 spiro atoms. The average molecular weight is 220 g/mol. The fourth-order valence-corrected chi connectivity index (χ4v) is 3.70. The van der Waals surface area contributed by atoms with Gasteiger partial charge in [-0.3, -0.25) is 0 Å². The maximum atomic E-state index is 2.45. The average Bonchev–Trinajstić information content (AvgIpc) is 2.96. The van der Waals surface area contributed by atoms with E-state index in [1.54, 1.807) is 5.57 Å². The lowest BCUT2D eigenvalue weighted by molar-refractivity contribution is 0.495. The summed E-state index contributed by atoms with van der Waals surface area (Å²) in [5.74, 6) is 0. The van der Waals surface area contributed by atoms with Crippen molar-refractivity contribution in [3.63, 3.8) is 0 Å². The molecule has 84 valence electrons. The van der Waals surface area contributed by atoms with Gasteiger partial charge in [-0.25, -0.2) is 0 Å². The van der Waals surface area contributed by atoms with Gasteiger partial charge in [0.25, 0.3) is 0 Å². The SMILES string of the molecule is C1=CC2(CCCC2)C2=Cc3ccccc3C2=C1. The van der Waals surface area contributed by atoms with Gasteiger partial charge in [0, 0.05) is 5.41 Å². The standard InChI is InChI=1S/C17H16/c1-2-7-14-13(6-1)12-16-15(14)8-5-11-17(16)9-3-4-10-17/h1-2,5-8,11-12H,3-4,9-10H2. The zero-order valence-electron chi connectivity index (χ0n) is 9.95. The van der Waals surface area contributed by atoms with Crippen molar-refractivity contribution in [1.29, 1.82) is 0 Å². The minimum atomic E-state index is 0.364. The van der Waals surface area contributed by atoms with Crippen LogP contribution in [0.2, 0.25) is 0 Å². The Kier molecular flexibility index (Phi) is 1.80. The first-order valence-corrected chi connectivity index (χ1v) is 6.61. The molecule has 4 rings (SSSR count). The van der Waals surface area contributed by atoms with E-state index in [0.717, 1.165) is 0 Å². The number of hydrogen-bond acceptors (Lipinski definition) is 0. The molecule has 0 atom stereocenters. The summed E-state index contributed by atoms with van der Waals surface area (Å²) >= 11 is 0. The minimum Gasteiger partial charge on any atom is -0.0739 e. The van der Waals surface area contributed by atoms with Gasteiger partial charge in [0.15, 0.2) is 0 Å². The predicted octanol–water partition coefficient (Wildman–Crippen LogP) is 4.60. The molecule has 0 nitrogen and oxygen atoms in total. The molecule has 0 heteroatoms. The van der Waals surface area contributed by atoms with Crippen molar-refractivity contribution in [1.82, 2.24) is 0 Å². The molecule has 0 amide bonds. The summed E-state index contributed by atoms with van der Waals surface area (Å²) in [7, 11) is 0. The molecule has 0 saturated heterocycles. The van der Waals surface area contributed by atoms with Gasteiger partial charge in [0.1, 0.15) is 0 Å². The summed E-state index contributed by atoms with van der Waals surface area (Å²) in [6.07, 6.45) is 14.9. The van der Waals surface area contributed by atoms with Crippen LogP contribution in [-0.2, 0) is 0 Å². The Morgan fingerprint density at radius 2 is 1.82 bits per heavy atom. The van der Waals surface area contributed by atoms with Crippen LogP contribution in [-0.4, -0.2) is 0 Å². The van der Waals surface area contributed by atoms with E-state index in [-0.39, 0.29) is 0 Å². The van der Waals surface area contributed by atoms with Crippen LogP contribution in [0.4, 0.5) is 0 Å². The normalized spacial score (nSPS) is 23.3. The fraction of sp³-hybridized carbons (Fsp3) is 0.294. The summed E-state index contributed by atoms with van der Waals surface area (Å²) in [6.45, 7) is 0. The Hall–Kier alpha value is -1.56. The van der Waals surface area contributed by atoms with Gasteiger partial charge in [-0.2, -0.15) is 0 Å². The van der Waals surface area contributed by atoms with E-state index in [0.29, 0.717) is 5.41 Å². The molecule has 1 fully saturated rings. The van der Waals surface area contributed by atoms with Crippen molar-refractivity contribution in [2.45, 2.75) is 25.7 Å². The quantitative estimate of drug-likeness (QED) is 0.599. The first-order valence-electron chi connectivity index (χ1n) is 6.61. The number of hydrogen-bond donors (Lipinski definition) is 0. The number of fused-ring (bicyclic) bond motifs is 4. The van der Waals surface area contributed by atoms with Crippen molar-refractivity contribution in [3.8, 4) is 0 Å². The Labute approximate surface area is 102 Å². The Bertz CT molecular complexity index is 563. The van der Waals surface area contributed by atoms with Crippen molar-refractivity contribution in [3.05, 3.63) is 59.2 Å². The van der Waals surface area contributed by atoms with Crippen molar-refractivity contribution >= 4 is 11.6 Å².